The van der Waals surface area contributed by atoms with Gasteiger partial charge < -0.3 is 10.0 Å². The first-order valence-electron chi connectivity index (χ1n) is 6.37. The van der Waals surface area contributed by atoms with Crippen molar-refractivity contribution in [3.05, 3.63) is 64.7 Å². The molecule has 0 heterocycles. The predicted octanol–water partition coefficient (Wildman–Crippen LogP) is 3.25. The number of phenolic OH excluding ortho intramolecular Hbond substituents is 1. The molecule has 0 spiro atoms. The van der Waals surface area contributed by atoms with E-state index in [1.54, 1.807) is 13.0 Å². The monoisotopic (exact) mass is 291 g/mol. The summed E-state index contributed by atoms with van der Waals surface area (Å²) >= 11 is 0. The van der Waals surface area contributed by atoms with Crippen molar-refractivity contribution in [2.75, 3.05) is 7.05 Å². The standard InChI is InChI=1S/C16H15F2NO2/c1-10-3-6-13(15(20)7-10)16(21)19(2)9-11-4-5-12(17)8-14(11)18/h3-8,20H,9H2,1-2H3. The molecule has 0 bridgehead atoms. The first-order valence-corrected chi connectivity index (χ1v) is 6.37. The van der Waals surface area contributed by atoms with E-state index in [1.165, 1.54) is 30.1 Å². The number of hydrogen-bond donors (Lipinski definition) is 1. The first-order chi connectivity index (χ1) is 9.88. The zero-order valence-corrected chi connectivity index (χ0v) is 11.7. The SMILES string of the molecule is Cc1ccc(C(=O)N(C)Cc2ccc(F)cc2F)c(O)c1. The Morgan fingerprint density at radius 3 is 2.52 bits per heavy atom. The zero-order chi connectivity index (χ0) is 15.6. The topological polar surface area (TPSA) is 40.5 Å². The van der Waals surface area contributed by atoms with Gasteiger partial charge in [-0.25, -0.2) is 8.78 Å². The van der Waals surface area contributed by atoms with Crippen LogP contribution in [0.2, 0.25) is 0 Å². The molecular formula is C16H15F2NO2. The fraction of sp³-hybridized carbons (Fsp3) is 0.188. The molecule has 0 aliphatic carbocycles. The Kier molecular flexibility index (Phi) is 4.21. The minimum absolute atomic E-state index is 0.0156. The fourth-order valence-corrected chi connectivity index (χ4v) is 2.01. The van der Waals surface area contributed by atoms with Crippen LogP contribution in [0, 0.1) is 18.6 Å². The Balaban J connectivity index is 2.19. The van der Waals surface area contributed by atoms with Gasteiger partial charge in [-0.05, 0) is 30.7 Å². The van der Waals surface area contributed by atoms with E-state index in [9.17, 15) is 18.7 Å². The number of aromatic hydroxyl groups is 1. The summed E-state index contributed by atoms with van der Waals surface area (Å²) in [6, 6.07) is 7.92. The number of nitrogens with zero attached hydrogens (tertiary/aromatic N) is 1. The molecule has 5 heteroatoms. The number of benzene rings is 2. The van der Waals surface area contributed by atoms with Crippen LogP contribution in [0.1, 0.15) is 21.5 Å². The second-order valence-corrected chi connectivity index (χ2v) is 4.92. The molecule has 0 atom stereocenters. The molecule has 21 heavy (non-hydrogen) atoms. The highest BCUT2D eigenvalue weighted by molar-refractivity contribution is 5.96. The molecule has 1 amide bonds. The van der Waals surface area contributed by atoms with Gasteiger partial charge in [-0.1, -0.05) is 12.1 Å². The Labute approximate surface area is 121 Å². The van der Waals surface area contributed by atoms with Gasteiger partial charge in [0.15, 0.2) is 0 Å². The van der Waals surface area contributed by atoms with E-state index < -0.39 is 17.5 Å². The summed E-state index contributed by atoms with van der Waals surface area (Å²) in [4.78, 5) is 13.5. The van der Waals surface area contributed by atoms with Gasteiger partial charge in [0, 0.05) is 25.2 Å². The van der Waals surface area contributed by atoms with Crippen LogP contribution in [0.25, 0.3) is 0 Å². The van der Waals surface area contributed by atoms with E-state index in [0.29, 0.717) is 0 Å². The van der Waals surface area contributed by atoms with Gasteiger partial charge in [-0.3, -0.25) is 4.79 Å². The highest BCUT2D eigenvalue weighted by Gasteiger charge is 2.17. The number of aryl methyl sites for hydroxylation is 1. The van der Waals surface area contributed by atoms with Gasteiger partial charge >= 0.3 is 0 Å². The Hall–Kier alpha value is -2.43. The summed E-state index contributed by atoms with van der Waals surface area (Å²) in [7, 11) is 1.49. The summed E-state index contributed by atoms with van der Waals surface area (Å²) in [5.74, 6) is -1.92. The van der Waals surface area contributed by atoms with E-state index in [2.05, 4.69) is 0 Å². The van der Waals surface area contributed by atoms with Crippen LogP contribution in [0.5, 0.6) is 5.75 Å². The Morgan fingerprint density at radius 1 is 1.19 bits per heavy atom. The lowest BCUT2D eigenvalue weighted by molar-refractivity contribution is 0.0781. The second kappa shape index (κ2) is 5.91. The minimum atomic E-state index is -0.706. The minimum Gasteiger partial charge on any atom is -0.507 e. The number of phenols is 1. The average Bonchev–Trinajstić information content (AvgIpc) is 2.41. The van der Waals surface area contributed by atoms with Crippen LogP contribution in [0.15, 0.2) is 36.4 Å². The van der Waals surface area contributed by atoms with Crippen LogP contribution in [-0.4, -0.2) is 23.0 Å². The number of carbonyl (C=O) groups excluding carboxylic acids is 1. The third-order valence-corrected chi connectivity index (χ3v) is 3.15. The van der Waals surface area contributed by atoms with E-state index in [1.807, 2.05) is 0 Å². The molecule has 0 saturated carbocycles. The Morgan fingerprint density at radius 2 is 1.90 bits per heavy atom. The van der Waals surface area contributed by atoms with Crippen molar-refractivity contribution in [2.45, 2.75) is 13.5 Å². The molecule has 0 aromatic heterocycles. The molecule has 1 N–H and O–H groups in total. The molecule has 0 aliphatic heterocycles. The second-order valence-electron chi connectivity index (χ2n) is 4.92. The number of rotatable bonds is 3. The van der Waals surface area contributed by atoms with E-state index in [0.717, 1.165) is 17.7 Å². The molecule has 3 nitrogen and oxygen atoms in total. The van der Waals surface area contributed by atoms with Gasteiger partial charge in [0.2, 0.25) is 0 Å². The van der Waals surface area contributed by atoms with Crippen molar-refractivity contribution in [3.63, 3.8) is 0 Å². The lowest BCUT2D eigenvalue weighted by atomic mass is 10.1. The van der Waals surface area contributed by atoms with Crippen molar-refractivity contribution in [1.82, 2.24) is 4.90 Å². The highest BCUT2D eigenvalue weighted by atomic mass is 19.1. The Bertz CT molecular complexity index is 686. The van der Waals surface area contributed by atoms with Crippen LogP contribution >= 0.6 is 0 Å². The summed E-state index contributed by atoms with van der Waals surface area (Å²) in [5, 5.41) is 9.80. The zero-order valence-electron chi connectivity index (χ0n) is 11.7. The van der Waals surface area contributed by atoms with Crippen LogP contribution in [-0.2, 0) is 6.54 Å². The molecule has 0 fully saturated rings. The molecule has 0 unspecified atom stereocenters. The quantitative estimate of drug-likeness (QED) is 0.943. The maximum atomic E-state index is 13.6. The summed E-state index contributed by atoms with van der Waals surface area (Å²) < 4.78 is 26.4. The molecular weight excluding hydrogens is 276 g/mol. The highest BCUT2D eigenvalue weighted by Crippen LogP contribution is 2.21. The largest absolute Gasteiger partial charge is 0.507 e. The molecule has 2 rings (SSSR count). The van der Waals surface area contributed by atoms with E-state index in [4.69, 9.17) is 0 Å². The van der Waals surface area contributed by atoms with Crippen molar-refractivity contribution in [3.8, 4) is 5.75 Å². The third-order valence-electron chi connectivity index (χ3n) is 3.15. The third kappa shape index (κ3) is 3.37. The van der Waals surface area contributed by atoms with Gasteiger partial charge in [-0.15, -0.1) is 0 Å². The molecule has 0 aliphatic rings. The predicted molar refractivity (Wildman–Crippen MR) is 75.0 cm³/mol. The van der Waals surface area contributed by atoms with Crippen molar-refractivity contribution >= 4 is 5.91 Å². The maximum Gasteiger partial charge on any atom is 0.257 e. The summed E-state index contributed by atoms with van der Waals surface area (Å²) in [6.45, 7) is 1.78. The van der Waals surface area contributed by atoms with Crippen LogP contribution in [0.3, 0.4) is 0 Å². The van der Waals surface area contributed by atoms with Crippen molar-refractivity contribution in [2.24, 2.45) is 0 Å². The molecule has 2 aromatic rings. The number of carbonyl (C=O) groups is 1. The normalized spacial score (nSPS) is 10.5. The number of amides is 1. The molecule has 0 saturated heterocycles. The van der Waals surface area contributed by atoms with Crippen LogP contribution < -0.4 is 0 Å². The van der Waals surface area contributed by atoms with E-state index >= 15 is 0 Å². The lowest BCUT2D eigenvalue weighted by Gasteiger charge is -2.18. The molecule has 110 valence electrons. The van der Waals surface area contributed by atoms with Gasteiger partial charge in [0.05, 0.1) is 5.56 Å². The van der Waals surface area contributed by atoms with Crippen molar-refractivity contribution < 1.29 is 18.7 Å². The van der Waals surface area contributed by atoms with Gasteiger partial charge in [-0.2, -0.15) is 0 Å². The van der Waals surface area contributed by atoms with Gasteiger partial charge in [0.25, 0.3) is 5.91 Å². The maximum absolute atomic E-state index is 13.6. The summed E-state index contributed by atoms with van der Waals surface area (Å²) in [5.41, 5.74) is 1.18. The first kappa shape index (κ1) is 15.0. The van der Waals surface area contributed by atoms with E-state index in [-0.39, 0.29) is 23.4 Å². The molecule has 2 aromatic carbocycles. The lowest BCUT2D eigenvalue weighted by Crippen LogP contribution is -2.26. The average molecular weight is 291 g/mol. The fourth-order valence-electron chi connectivity index (χ4n) is 2.01. The molecule has 0 radical (unpaired) electrons. The van der Waals surface area contributed by atoms with Gasteiger partial charge in [0.1, 0.15) is 17.4 Å². The number of hydrogen-bond acceptors (Lipinski definition) is 2. The summed E-state index contributed by atoms with van der Waals surface area (Å²) in [6.07, 6.45) is 0. The van der Waals surface area contributed by atoms with Crippen LogP contribution in [0.4, 0.5) is 8.78 Å². The number of halogens is 2. The smallest absolute Gasteiger partial charge is 0.257 e. The van der Waals surface area contributed by atoms with Crippen molar-refractivity contribution in [1.29, 1.82) is 0 Å².